The van der Waals surface area contributed by atoms with Crippen LogP contribution in [0.25, 0.3) is 27.1 Å². The molecule has 3 aliphatic heterocycles. The molecule has 3 heterocycles. The molecule has 2 N–H and O–H groups in total. The van der Waals surface area contributed by atoms with Gasteiger partial charge in [0.2, 0.25) is 11.3 Å². The molecule has 0 radical (unpaired) electrons. The number of amides is 1. The van der Waals surface area contributed by atoms with Crippen molar-refractivity contribution >= 4 is 62.9 Å². The summed E-state index contributed by atoms with van der Waals surface area (Å²) in [6.07, 6.45) is 11.2. The minimum Gasteiger partial charge on any atom is -0.374 e. The minimum absolute atomic E-state index is 0.0832. The molecular weight excluding hydrogens is 777 g/mol. The van der Waals surface area contributed by atoms with Crippen LogP contribution in [0.15, 0.2) is 91.0 Å². The highest BCUT2D eigenvalue weighted by atomic mass is 28.3. The Bertz CT molecular complexity index is 2760. The number of anilines is 1. The van der Waals surface area contributed by atoms with Gasteiger partial charge in [-0.05, 0) is 160 Å². The summed E-state index contributed by atoms with van der Waals surface area (Å²) in [6.45, 7) is 20.8. The second-order valence-electron chi connectivity index (χ2n) is 19.0. The Morgan fingerprint density at radius 3 is 2.29 bits per heavy atom. The van der Waals surface area contributed by atoms with E-state index in [9.17, 15) is 9.59 Å². The zero-order valence-electron chi connectivity index (χ0n) is 38.3. The fourth-order valence-corrected chi connectivity index (χ4v) is 15.1. The number of aryl methyl sites for hydroxylation is 1. The molecule has 0 unspecified atom stereocenters. The number of fused-ring (bicyclic) bond motifs is 8. The average Bonchev–Trinajstić information content (AvgIpc) is 3.25. The first-order valence-corrected chi connectivity index (χ1v) is 26.3. The molecule has 5 aromatic carbocycles. The van der Waals surface area contributed by atoms with Gasteiger partial charge in [-0.2, -0.15) is 0 Å². The number of carbonyl (C=O) groups excluding carboxylic acids is 2. The zero-order chi connectivity index (χ0) is 43.7. The Kier molecular flexibility index (Phi) is 12.9. The number of rotatable bonds is 16. The van der Waals surface area contributed by atoms with Crippen LogP contribution in [0.5, 0.6) is 0 Å². The van der Waals surface area contributed by atoms with E-state index in [0.717, 1.165) is 77.5 Å². The first-order valence-electron chi connectivity index (χ1n) is 23.3. The largest absolute Gasteiger partial charge is 0.374 e. The van der Waals surface area contributed by atoms with Gasteiger partial charge in [-0.3, -0.25) is 9.59 Å². The number of Topliss-reactive ketones (excluding diaryl/α,β-unsaturated/α-hetero) is 1. The van der Waals surface area contributed by atoms with Crippen molar-refractivity contribution < 1.29 is 9.59 Å². The van der Waals surface area contributed by atoms with Crippen molar-refractivity contribution in [3.63, 3.8) is 0 Å². The molecule has 8 rings (SSSR count). The predicted octanol–water partition coefficient (Wildman–Crippen LogP) is 7.64. The molecule has 0 atom stereocenters. The summed E-state index contributed by atoms with van der Waals surface area (Å²) in [4.78, 5) is 26.9. The van der Waals surface area contributed by atoms with Crippen LogP contribution in [-0.4, -0.2) is 60.0 Å². The molecule has 3 aliphatic rings. The Morgan fingerprint density at radius 2 is 1.52 bits per heavy atom. The number of hydrogen-bond acceptors (Lipinski definition) is 4. The number of carbonyl (C=O) groups is 2. The molecule has 62 heavy (non-hydrogen) atoms. The van der Waals surface area contributed by atoms with Crippen molar-refractivity contribution in [3.8, 4) is 0 Å². The maximum Gasteiger partial charge on any atom is 0.246 e. The molecule has 0 aliphatic carbocycles. The van der Waals surface area contributed by atoms with E-state index in [1.54, 1.807) is 28.4 Å². The fourth-order valence-electron chi connectivity index (χ4n) is 11.1. The van der Waals surface area contributed by atoms with Gasteiger partial charge in [-0.15, -0.1) is 0 Å². The Hall–Kier alpha value is -5.11. The highest BCUT2D eigenvalue weighted by Crippen LogP contribution is 2.38. The van der Waals surface area contributed by atoms with Gasteiger partial charge in [0.15, 0.2) is 5.78 Å². The van der Waals surface area contributed by atoms with Crippen LogP contribution in [0.4, 0.5) is 5.69 Å². The van der Waals surface area contributed by atoms with Gasteiger partial charge in [0, 0.05) is 62.4 Å². The van der Waals surface area contributed by atoms with Gasteiger partial charge >= 0.3 is 0 Å². The molecule has 6 nitrogen and oxygen atoms in total. The van der Waals surface area contributed by atoms with Crippen molar-refractivity contribution in [3.05, 3.63) is 135 Å². The van der Waals surface area contributed by atoms with Crippen molar-refractivity contribution in [1.29, 1.82) is 0 Å². The Morgan fingerprint density at radius 1 is 0.774 bits per heavy atom. The van der Waals surface area contributed by atoms with Gasteiger partial charge in [-0.25, -0.2) is 4.58 Å². The first kappa shape index (κ1) is 43.5. The summed E-state index contributed by atoms with van der Waals surface area (Å²) in [5.74, 6) is 0.102. The van der Waals surface area contributed by atoms with E-state index in [1.807, 2.05) is 6.92 Å². The lowest BCUT2D eigenvalue weighted by Gasteiger charge is -2.40. The molecule has 1 amide bonds. The maximum absolute atomic E-state index is 12.3. The number of benzene rings is 5. The van der Waals surface area contributed by atoms with Gasteiger partial charge in [0.1, 0.15) is 21.7 Å². The molecule has 0 saturated carbocycles. The molecule has 322 valence electrons. The van der Waals surface area contributed by atoms with E-state index in [0.29, 0.717) is 24.1 Å². The van der Waals surface area contributed by atoms with Crippen LogP contribution in [-0.2, 0) is 35.4 Å². The van der Waals surface area contributed by atoms with E-state index in [-0.39, 0.29) is 11.7 Å². The normalized spacial score (nSPS) is 15.2. The average molecular weight is 844 g/mol. The van der Waals surface area contributed by atoms with Crippen LogP contribution in [0.3, 0.4) is 0 Å². The summed E-state index contributed by atoms with van der Waals surface area (Å²) in [7, 11) is 2.41. The van der Waals surface area contributed by atoms with Crippen molar-refractivity contribution in [2.24, 2.45) is 0 Å². The van der Waals surface area contributed by atoms with Gasteiger partial charge in [-0.1, -0.05) is 81.6 Å². The quantitative estimate of drug-likeness (QED) is 0.0353. The lowest BCUT2D eigenvalue weighted by atomic mass is 9.85. The topological polar surface area (TPSA) is 64.5 Å². The van der Waals surface area contributed by atoms with E-state index in [4.69, 9.17) is 0 Å². The minimum atomic E-state index is -2.15. The molecular formula is C55H67N4O2Si+. The van der Waals surface area contributed by atoms with Crippen molar-refractivity contribution in [2.75, 3.05) is 45.2 Å². The zero-order valence-corrected chi connectivity index (χ0v) is 39.3. The van der Waals surface area contributed by atoms with Crippen LogP contribution in [0.2, 0.25) is 13.1 Å². The smallest absolute Gasteiger partial charge is 0.246 e. The fraction of sp³-hybridized carbons (Fsp3) is 0.400. The summed E-state index contributed by atoms with van der Waals surface area (Å²) in [5.41, 5.74) is 12.7. The van der Waals surface area contributed by atoms with Crippen LogP contribution in [0, 0.1) is 0 Å². The number of allylic oxidation sites excluding steroid dienone is 1. The molecule has 5 aromatic rings. The predicted molar refractivity (Wildman–Crippen MR) is 265 cm³/mol. The molecule has 0 fully saturated rings. The number of nitrogens with one attached hydrogen (secondary N) is 2. The number of nitrogens with zero attached hydrogens (tertiary/aromatic N) is 2. The summed E-state index contributed by atoms with van der Waals surface area (Å²) < 4.78 is 2.49. The third-order valence-electron chi connectivity index (χ3n) is 14.1. The van der Waals surface area contributed by atoms with Crippen LogP contribution < -0.4 is 41.1 Å². The maximum atomic E-state index is 12.3. The number of unbranched alkanes of at least 4 members (excludes halogenated alkanes) is 3. The highest BCUT2D eigenvalue weighted by molar-refractivity contribution is 7.02. The summed E-state index contributed by atoms with van der Waals surface area (Å²) >= 11 is 0. The molecule has 0 spiro atoms. The molecule has 0 aromatic heterocycles. The Balaban J connectivity index is 1.29. The van der Waals surface area contributed by atoms with Gasteiger partial charge in [0.25, 0.3) is 0 Å². The van der Waals surface area contributed by atoms with E-state index in [2.05, 4.69) is 127 Å². The Labute approximate surface area is 370 Å². The first-order chi connectivity index (χ1) is 29.9. The van der Waals surface area contributed by atoms with Crippen molar-refractivity contribution in [2.45, 2.75) is 104 Å². The molecule has 7 heteroatoms. The number of hydrogen-bond donors (Lipinski definition) is 2. The lowest BCUT2D eigenvalue weighted by Crippen LogP contribution is -2.67. The van der Waals surface area contributed by atoms with Gasteiger partial charge in [0.05, 0.1) is 0 Å². The van der Waals surface area contributed by atoms with E-state index in [1.165, 1.54) is 78.5 Å². The van der Waals surface area contributed by atoms with Crippen LogP contribution in [0.1, 0.15) is 98.6 Å². The SMILES string of the molecule is C=C(C)C(=O)CCCCCCc1c2ccccc2c(CNCCCNC(=O)C(=C)C)c2ccc(C3=c4ccc5c(c4[Si](C)(C)c4c3ccc3c4CCCN3C)CCC[N+]=5C)cc12. The van der Waals surface area contributed by atoms with Crippen LogP contribution >= 0.6 is 0 Å². The number of ketones is 1. The third-order valence-corrected chi connectivity index (χ3v) is 17.8. The summed E-state index contributed by atoms with van der Waals surface area (Å²) in [6, 6.07) is 26.2. The van der Waals surface area contributed by atoms with E-state index < -0.39 is 8.07 Å². The van der Waals surface area contributed by atoms with Gasteiger partial charge < -0.3 is 15.5 Å². The standard InChI is InChI=1S/C55H66N4O2Si/c1-36(2)51(60)23-12-10-9-11-18-40-39-19-13-14-20-41(39)48(35-56-30-17-31-57-55(61)37(3)4)42-25-24-38(34-47(40)42)52-45-26-28-49-43(21-15-32-58(49)5)53(45)62(7,8)54-44-22-16-33-59(6)50(44)29-27-46(52)54/h13-14,19-20,24-29,34,56H,1,3,9-12,15-18,21-23,30-33,35H2,2,4-8H3/p+1. The second-order valence-corrected chi connectivity index (χ2v) is 23.2. The lowest BCUT2D eigenvalue weighted by molar-refractivity contribution is -0.117. The summed E-state index contributed by atoms with van der Waals surface area (Å²) in [5, 5.41) is 18.2. The monoisotopic (exact) mass is 844 g/mol. The molecule has 0 bridgehead atoms. The molecule has 0 saturated heterocycles. The highest BCUT2D eigenvalue weighted by Gasteiger charge is 2.41. The van der Waals surface area contributed by atoms with E-state index >= 15 is 0 Å². The van der Waals surface area contributed by atoms with Crippen molar-refractivity contribution in [1.82, 2.24) is 15.2 Å². The second kappa shape index (κ2) is 18.3. The third kappa shape index (κ3) is 8.26.